The van der Waals surface area contributed by atoms with Gasteiger partial charge in [0.1, 0.15) is 5.82 Å². The number of nitrogens with two attached hydrogens (primary N) is 1. The third-order valence-corrected chi connectivity index (χ3v) is 3.49. The van der Waals surface area contributed by atoms with Crippen LogP contribution in [0, 0.1) is 5.82 Å². The first kappa shape index (κ1) is 12.0. The van der Waals surface area contributed by atoms with E-state index in [0.717, 1.165) is 10.5 Å². The van der Waals surface area contributed by atoms with Crippen molar-refractivity contribution in [1.82, 2.24) is 0 Å². The predicted octanol–water partition coefficient (Wildman–Crippen LogP) is 3.05. The molecule has 0 aliphatic rings. The normalized spacial score (nSPS) is 10.5. The number of rotatable bonds is 3. The van der Waals surface area contributed by atoms with Crippen molar-refractivity contribution < 1.29 is 9.50 Å². The molecule has 0 aliphatic heterocycles. The van der Waals surface area contributed by atoms with Crippen molar-refractivity contribution in [2.24, 2.45) is 0 Å². The molecule has 2 aromatic rings. The van der Waals surface area contributed by atoms with E-state index >= 15 is 0 Å². The summed E-state index contributed by atoms with van der Waals surface area (Å²) in [5.74, 6) is -0.345. The summed E-state index contributed by atoms with van der Waals surface area (Å²) in [6.07, 6.45) is 0. The first-order chi connectivity index (χ1) is 8.20. The minimum Gasteiger partial charge on any atom is -0.399 e. The Bertz CT molecular complexity index is 531. The molecule has 0 heterocycles. The van der Waals surface area contributed by atoms with Gasteiger partial charge in [-0.1, -0.05) is 30.0 Å². The van der Waals surface area contributed by atoms with Gasteiger partial charge in [0.2, 0.25) is 0 Å². The molecule has 0 radical (unpaired) electrons. The van der Waals surface area contributed by atoms with Crippen LogP contribution >= 0.6 is 11.8 Å². The van der Waals surface area contributed by atoms with Gasteiger partial charge in [-0.2, -0.15) is 0 Å². The van der Waals surface area contributed by atoms with Crippen LogP contribution in [0.1, 0.15) is 5.56 Å². The van der Waals surface area contributed by atoms with Crippen molar-refractivity contribution in [2.45, 2.75) is 16.4 Å². The average Bonchev–Trinajstić information content (AvgIpc) is 2.33. The summed E-state index contributed by atoms with van der Waals surface area (Å²) in [4.78, 5) is 1.35. The van der Waals surface area contributed by atoms with E-state index in [-0.39, 0.29) is 12.4 Å². The van der Waals surface area contributed by atoms with Crippen LogP contribution in [0.3, 0.4) is 0 Å². The fourth-order valence-corrected chi connectivity index (χ4v) is 2.39. The maximum atomic E-state index is 13.6. The molecule has 4 heteroatoms. The molecule has 17 heavy (non-hydrogen) atoms. The summed E-state index contributed by atoms with van der Waals surface area (Å²) >= 11 is 1.28. The van der Waals surface area contributed by atoms with Gasteiger partial charge in [0.05, 0.1) is 6.61 Å². The smallest absolute Gasteiger partial charge is 0.139 e. The highest BCUT2D eigenvalue weighted by molar-refractivity contribution is 7.99. The van der Waals surface area contributed by atoms with Crippen LogP contribution in [-0.4, -0.2) is 5.11 Å². The van der Waals surface area contributed by atoms with Crippen LogP contribution in [0.4, 0.5) is 10.1 Å². The Hall–Kier alpha value is -1.52. The lowest BCUT2D eigenvalue weighted by atomic mass is 10.2. The number of hydrogen-bond donors (Lipinski definition) is 2. The molecule has 0 aliphatic carbocycles. The van der Waals surface area contributed by atoms with Crippen LogP contribution in [0.5, 0.6) is 0 Å². The maximum Gasteiger partial charge on any atom is 0.139 e. The molecule has 88 valence electrons. The Morgan fingerprint density at radius 3 is 2.59 bits per heavy atom. The van der Waals surface area contributed by atoms with Crippen molar-refractivity contribution in [1.29, 1.82) is 0 Å². The summed E-state index contributed by atoms with van der Waals surface area (Å²) in [7, 11) is 0. The lowest BCUT2D eigenvalue weighted by molar-refractivity contribution is 0.279. The van der Waals surface area contributed by atoms with Crippen molar-refractivity contribution in [3.05, 3.63) is 53.8 Å². The first-order valence-electron chi connectivity index (χ1n) is 5.12. The van der Waals surface area contributed by atoms with Crippen molar-refractivity contribution in [3.8, 4) is 0 Å². The quantitative estimate of drug-likeness (QED) is 0.822. The molecular formula is C13H12FNOS. The van der Waals surface area contributed by atoms with Gasteiger partial charge in [-0.3, -0.25) is 0 Å². The Balaban J connectivity index is 2.31. The van der Waals surface area contributed by atoms with E-state index in [1.54, 1.807) is 12.1 Å². The highest BCUT2D eigenvalue weighted by Gasteiger charge is 2.07. The predicted molar refractivity (Wildman–Crippen MR) is 67.3 cm³/mol. The third kappa shape index (κ3) is 2.78. The van der Waals surface area contributed by atoms with Gasteiger partial charge in [-0.25, -0.2) is 4.39 Å². The molecule has 0 amide bonds. The Kier molecular flexibility index (Phi) is 3.66. The molecule has 0 saturated carbocycles. The molecule has 2 rings (SSSR count). The van der Waals surface area contributed by atoms with Gasteiger partial charge in [-0.15, -0.1) is 0 Å². The number of aliphatic hydroxyl groups is 1. The van der Waals surface area contributed by atoms with Gasteiger partial charge >= 0.3 is 0 Å². The van der Waals surface area contributed by atoms with Crippen molar-refractivity contribution >= 4 is 17.4 Å². The number of hydrogen-bond acceptors (Lipinski definition) is 3. The zero-order valence-corrected chi connectivity index (χ0v) is 9.88. The molecule has 3 N–H and O–H groups in total. The van der Waals surface area contributed by atoms with Crippen LogP contribution in [0.2, 0.25) is 0 Å². The van der Waals surface area contributed by atoms with Crippen molar-refractivity contribution in [2.75, 3.05) is 5.73 Å². The standard InChI is InChI=1S/C13H12FNOS/c14-11-7-10(15)5-6-13(11)17-12-4-2-1-3-9(12)8-16/h1-7,16H,8,15H2. The van der Waals surface area contributed by atoms with E-state index < -0.39 is 0 Å². The largest absolute Gasteiger partial charge is 0.399 e. The summed E-state index contributed by atoms with van der Waals surface area (Å²) in [5, 5.41) is 9.18. The number of anilines is 1. The number of halogens is 1. The van der Waals surface area contributed by atoms with Crippen LogP contribution in [0.25, 0.3) is 0 Å². The lowest BCUT2D eigenvalue weighted by Crippen LogP contribution is -1.90. The second-order valence-corrected chi connectivity index (χ2v) is 4.64. The lowest BCUT2D eigenvalue weighted by Gasteiger charge is -2.07. The molecule has 0 aromatic heterocycles. The Labute approximate surface area is 103 Å². The summed E-state index contributed by atoms with van der Waals surface area (Å²) in [6, 6.07) is 12.0. The molecule has 0 saturated heterocycles. The zero-order valence-electron chi connectivity index (χ0n) is 9.06. The van der Waals surface area contributed by atoms with Crippen LogP contribution in [-0.2, 0) is 6.61 Å². The zero-order chi connectivity index (χ0) is 12.3. The fourth-order valence-electron chi connectivity index (χ4n) is 1.45. The molecule has 0 atom stereocenters. The summed E-state index contributed by atoms with van der Waals surface area (Å²) in [5.41, 5.74) is 6.68. The van der Waals surface area contributed by atoms with Gasteiger partial charge < -0.3 is 10.8 Å². The molecule has 2 aromatic carbocycles. The van der Waals surface area contributed by atoms with E-state index in [2.05, 4.69) is 0 Å². The summed E-state index contributed by atoms with van der Waals surface area (Å²) < 4.78 is 13.6. The van der Waals surface area contributed by atoms with E-state index in [1.807, 2.05) is 24.3 Å². The Morgan fingerprint density at radius 2 is 1.88 bits per heavy atom. The second-order valence-electron chi connectivity index (χ2n) is 3.56. The van der Waals surface area contributed by atoms with Gasteiger partial charge in [0.15, 0.2) is 0 Å². The summed E-state index contributed by atoms with van der Waals surface area (Å²) in [6.45, 7) is -0.0558. The van der Waals surface area contributed by atoms with Gasteiger partial charge in [0, 0.05) is 15.5 Å². The fraction of sp³-hybridized carbons (Fsp3) is 0.0769. The SMILES string of the molecule is Nc1ccc(Sc2ccccc2CO)c(F)c1. The monoisotopic (exact) mass is 249 g/mol. The topological polar surface area (TPSA) is 46.2 Å². The number of aliphatic hydroxyl groups excluding tert-OH is 1. The van der Waals surface area contributed by atoms with E-state index in [9.17, 15) is 9.50 Å². The third-order valence-electron chi connectivity index (χ3n) is 2.32. The number of benzene rings is 2. The highest BCUT2D eigenvalue weighted by atomic mass is 32.2. The van der Waals surface area contributed by atoms with E-state index in [0.29, 0.717) is 10.6 Å². The minimum atomic E-state index is -0.345. The molecule has 0 fully saturated rings. The average molecular weight is 249 g/mol. The molecular weight excluding hydrogens is 237 g/mol. The molecule has 0 bridgehead atoms. The Morgan fingerprint density at radius 1 is 1.12 bits per heavy atom. The van der Waals surface area contributed by atoms with Crippen LogP contribution in [0.15, 0.2) is 52.3 Å². The maximum absolute atomic E-state index is 13.6. The molecule has 2 nitrogen and oxygen atoms in total. The first-order valence-corrected chi connectivity index (χ1v) is 5.94. The highest BCUT2D eigenvalue weighted by Crippen LogP contribution is 2.32. The van der Waals surface area contributed by atoms with Gasteiger partial charge in [0.25, 0.3) is 0 Å². The number of nitrogen functional groups attached to an aromatic ring is 1. The van der Waals surface area contributed by atoms with Crippen LogP contribution < -0.4 is 5.73 Å². The van der Waals surface area contributed by atoms with E-state index in [1.165, 1.54) is 17.8 Å². The second kappa shape index (κ2) is 5.21. The van der Waals surface area contributed by atoms with Crippen molar-refractivity contribution in [3.63, 3.8) is 0 Å². The minimum absolute atomic E-state index is 0.0558. The molecule has 0 spiro atoms. The van der Waals surface area contributed by atoms with E-state index in [4.69, 9.17) is 5.73 Å². The van der Waals surface area contributed by atoms with Gasteiger partial charge in [-0.05, 0) is 29.8 Å². The molecule has 0 unspecified atom stereocenters.